The summed E-state index contributed by atoms with van der Waals surface area (Å²) in [6.45, 7) is 0. The topological polar surface area (TPSA) is 123 Å². The highest BCUT2D eigenvalue weighted by molar-refractivity contribution is 6.14. The van der Waals surface area contributed by atoms with Crippen molar-refractivity contribution < 1.29 is 24.3 Å². The molecule has 1 N–H and O–H groups in total. The van der Waals surface area contributed by atoms with Crippen LogP contribution in [0.15, 0.2) is 42.0 Å². The van der Waals surface area contributed by atoms with Crippen molar-refractivity contribution in [1.29, 1.82) is 5.26 Å². The first-order chi connectivity index (χ1) is 12.4. The minimum atomic E-state index is -0.785. The summed E-state index contributed by atoms with van der Waals surface area (Å²) in [6.07, 6.45) is 1.20. The third kappa shape index (κ3) is 3.79. The van der Waals surface area contributed by atoms with Crippen molar-refractivity contribution in [3.05, 3.63) is 63.2 Å². The van der Waals surface area contributed by atoms with Gasteiger partial charge in [0.25, 0.3) is 0 Å². The fourth-order valence-electron chi connectivity index (χ4n) is 2.21. The first-order valence-electron chi connectivity index (χ1n) is 7.27. The number of hydrogen-bond donors (Lipinski definition) is 1. The van der Waals surface area contributed by atoms with E-state index in [-0.39, 0.29) is 22.4 Å². The second-order valence-corrected chi connectivity index (χ2v) is 5.08. The number of nitro benzene ring substituents is 1. The van der Waals surface area contributed by atoms with E-state index in [1.54, 1.807) is 18.2 Å². The number of phenolic OH excluding ortho intramolecular Hbond substituents is 1. The zero-order chi connectivity index (χ0) is 19.3. The van der Waals surface area contributed by atoms with E-state index in [1.807, 2.05) is 0 Å². The summed E-state index contributed by atoms with van der Waals surface area (Å²) in [7, 11) is 2.72. The second kappa shape index (κ2) is 7.81. The third-order valence-electron chi connectivity index (χ3n) is 3.52. The Morgan fingerprint density at radius 2 is 1.88 bits per heavy atom. The van der Waals surface area contributed by atoms with Gasteiger partial charge in [-0.2, -0.15) is 5.26 Å². The first kappa shape index (κ1) is 18.5. The molecule has 0 bridgehead atoms. The van der Waals surface area contributed by atoms with Crippen molar-refractivity contribution in [2.75, 3.05) is 14.2 Å². The molecule has 0 heterocycles. The number of hydrogen-bond acceptors (Lipinski definition) is 7. The van der Waals surface area contributed by atoms with Gasteiger partial charge in [-0.15, -0.1) is 0 Å². The van der Waals surface area contributed by atoms with E-state index in [0.29, 0.717) is 5.75 Å². The molecule has 0 unspecified atom stereocenters. The molecule has 0 saturated carbocycles. The summed E-state index contributed by atoms with van der Waals surface area (Å²) in [6, 6.07) is 10.3. The molecule has 0 amide bonds. The molecule has 2 aromatic carbocycles. The molecule has 0 atom stereocenters. The van der Waals surface area contributed by atoms with Gasteiger partial charge in [-0.1, -0.05) is 0 Å². The Kier molecular flexibility index (Phi) is 5.55. The molecule has 0 aliphatic rings. The number of aromatic hydroxyl groups is 1. The number of nitriles is 1. The Bertz CT molecular complexity index is 926. The number of phenols is 1. The predicted octanol–water partition coefficient (Wildman–Crippen LogP) is 3.11. The maximum atomic E-state index is 12.5. The summed E-state index contributed by atoms with van der Waals surface area (Å²) >= 11 is 0. The van der Waals surface area contributed by atoms with E-state index < -0.39 is 22.1 Å². The van der Waals surface area contributed by atoms with E-state index in [2.05, 4.69) is 0 Å². The lowest BCUT2D eigenvalue weighted by Crippen LogP contribution is -2.02. The maximum absolute atomic E-state index is 12.5. The quantitative estimate of drug-likeness (QED) is 0.278. The van der Waals surface area contributed by atoms with Crippen LogP contribution in [-0.4, -0.2) is 30.0 Å². The van der Waals surface area contributed by atoms with E-state index in [9.17, 15) is 25.3 Å². The van der Waals surface area contributed by atoms with Crippen molar-refractivity contribution in [2.45, 2.75) is 0 Å². The zero-order valence-electron chi connectivity index (χ0n) is 13.9. The smallest absolute Gasteiger partial charge is 0.315 e. The van der Waals surface area contributed by atoms with Crippen LogP contribution in [0.2, 0.25) is 0 Å². The Labute approximate surface area is 148 Å². The standard InChI is InChI=1S/C18H14N2O6/c1-25-14-5-3-12(4-6-14)17(21)13(10-19)7-11-8-15(20(23)24)18(22)16(9-11)26-2/h3-9,22H,1-2H3/b13-7+. The zero-order valence-corrected chi connectivity index (χ0v) is 13.9. The number of ether oxygens (including phenoxy) is 2. The Morgan fingerprint density at radius 1 is 1.23 bits per heavy atom. The van der Waals surface area contributed by atoms with E-state index in [4.69, 9.17) is 9.47 Å². The number of nitrogens with zero attached hydrogens (tertiary/aromatic N) is 2. The fraction of sp³-hybridized carbons (Fsp3) is 0.111. The van der Waals surface area contributed by atoms with Crippen LogP contribution in [0, 0.1) is 21.4 Å². The molecule has 26 heavy (non-hydrogen) atoms. The molecule has 2 aromatic rings. The van der Waals surface area contributed by atoms with Gasteiger partial charge < -0.3 is 14.6 Å². The van der Waals surface area contributed by atoms with Gasteiger partial charge in [-0.05, 0) is 42.0 Å². The maximum Gasteiger partial charge on any atom is 0.315 e. The minimum Gasteiger partial charge on any atom is -0.500 e. The van der Waals surface area contributed by atoms with Crippen LogP contribution in [0.5, 0.6) is 17.2 Å². The highest BCUT2D eigenvalue weighted by atomic mass is 16.6. The van der Waals surface area contributed by atoms with Crippen LogP contribution in [0.1, 0.15) is 15.9 Å². The molecule has 8 heteroatoms. The Hall–Kier alpha value is -3.86. The number of methoxy groups -OCH3 is 2. The number of nitro groups is 1. The van der Waals surface area contributed by atoms with Gasteiger partial charge in [-0.3, -0.25) is 14.9 Å². The summed E-state index contributed by atoms with van der Waals surface area (Å²) in [5.74, 6) is -0.762. The molecule has 0 saturated heterocycles. The lowest BCUT2D eigenvalue weighted by atomic mass is 10.0. The third-order valence-corrected chi connectivity index (χ3v) is 3.52. The summed E-state index contributed by atoms with van der Waals surface area (Å²) in [5, 5.41) is 30.1. The van der Waals surface area contributed by atoms with Gasteiger partial charge in [0.05, 0.1) is 19.1 Å². The average Bonchev–Trinajstić information content (AvgIpc) is 2.66. The molecule has 0 radical (unpaired) electrons. The largest absolute Gasteiger partial charge is 0.500 e. The van der Waals surface area contributed by atoms with Gasteiger partial charge in [0.2, 0.25) is 11.5 Å². The second-order valence-electron chi connectivity index (χ2n) is 5.08. The molecule has 0 spiro atoms. The molecule has 0 aliphatic carbocycles. The van der Waals surface area contributed by atoms with Crippen LogP contribution in [0.3, 0.4) is 0 Å². The number of ketones is 1. The number of allylic oxidation sites excluding steroid dienone is 1. The molecule has 132 valence electrons. The Morgan fingerprint density at radius 3 is 2.38 bits per heavy atom. The van der Waals surface area contributed by atoms with Crippen LogP contribution >= 0.6 is 0 Å². The number of carbonyl (C=O) groups is 1. The molecule has 8 nitrogen and oxygen atoms in total. The van der Waals surface area contributed by atoms with Crippen LogP contribution in [0.4, 0.5) is 5.69 Å². The van der Waals surface area contributed by atoms with Crippen LogP contribution in [-0.2, 0) is 0 Å². The molecular formula is C18H14N2O6. The van der Waals surface area contributed by atoms with Crippen molar-refractivity contribution in [2.24, 2.45) is 0 Å². The number of Topliss-reactive ketones (excluding diaryl/α,β-unsaturated/α-hetero) is 1. The minimum absolute atomic E-state index is 0.139. The van der Waals surface area contributed by atoms with E-state index >= 15 is 0 Å². The summed E-state index contributed by atoms with van der Waals surface area (Å²) in [4.78, 5) is 22.7. The van der Waals surface area contributed by atoms with Gasteiger partial charge in [-0.25, -0.2) is 0 Å². The van der Waals surface area contributed by atoms with Gasteiger partial charge >= 0.3 is 5.69 Å². The monoisotopic (exact) mass is 354 g/mol. The molecule has 0 aromatic heterocycles. The summed E-state index contributed by atoms with van der Waals surface area (Å²) < 4.78 is 9.91. The van der Waals surface area contributed by atoms with Crippen molar-refractivity contribution >= 4 is 17.5 Å². The number of carbonyl (C=O) groups excluding carboxylic acids is 1. The highest BCUT2D eigenvalue weighted by Gasteiger charge is 2.20. The lowest BCUT2D eigenvalue weighted by molar-refractivity contribution is -0.386. The van der Waals surface area contributed by atoms with Crippen molar-refractivity contribution in [3.63, 3.8) is 0 Å². The molecule has 0 aliphatic heterocycles. The normalized spacial score (nSPS) is 10.7. The first-order valence-corrected chi connectivity index (χ1v) is 7.27. The van der Waals surface area contributed by atoms with Crippen LogP contribution in [0.25, 0.3) is 6.08 Å². The molecular weight excluding hydrogens is 340 g/mol. The highest BCUT2D eigenvalue weighted by Crippen LogP contribution is 2.37. The van der Waals surface area contributed by atoms with Gasteiger partial charge in [0.15, 0.2) is 5.75 Å². The number of rotatable bonds is 6. The fourth-order valence-corrected chi connectivity index (χ4v) is 2.21. The van der Waals surface area contributed by atoms with Gasteiger partial charge in [0.1, 0.15) is 17.4 Å². The summed E-state index contributed by atoms with van der Waals surface area (Å²) in [5.41, 5.74) is -0.384. The number of benzene rings is 2. The van der Waals surface area contributed by atoms with Crippen molar-refractivity contribution in [3.8, 4) is 23.3 Å². The van der Waals surface area contributed by atoms with E-state index in [0.717, 1.165) is 6.07 Å². The van der Waals surface area contributed by atoms with E-state index in [1.165, 1.54) is 38.5 Å². The Balaban J connectivity index is 2.47. The molecule has 0 fully saturated rings. The van der Waals surface area contributed by atoms with Crippen LogP contribution < -0.4 is 9.47 Å². The van der Waals surface area contributed by atoms with Gasteiger partial charge in [0, 0.05) is 11.6 Å². The lowest BCUT2D eigenvalue weighted by Gasteiger charge is -2.06. The van der Waals surface area contributed by atoms with Crippen molar-refractivity contribution in [1.82, 2.24) is 0 Å². The SMILES string of the molecule is COc1ccc(C(=O)/C(C#N)=C/c2cc(OC)c(O)c([N+](=O)[O-])c2)cc1. The molecule has 2 rings (SSSR count). The average molecular weight is 354 g/mol. The predicted molar refractivity (Wildman–Crippen MR) is 92.2 cm³/mol.